The highest BCUT2D eigenvalue weighted by Crippen LogP contribution is 2.23. The molecule has 118 valence electrons. The predicted molar refractivity (Wildman–Crippen MR) is 87.6 cm³/mol. The number of likely N-dealkylation sites (N-methyl/N-ethyl adjacent to an activating group) is 1. The number of hydrogen-bond acceptors (Lipinski definition) is 3. The van der Waals surface area contributed by atoms with E-state index < -0.39 is 0 Å². The molecular weight excluding hydrogens is 264 g/mol. The van der Waals surface area contributed by atoms with Crippen molar-refractivity contribution in [2.45, 2.75) is 52.2 Å². The first-order chi connectivity index (χ1) is 9.82. The molecule has 0 saturated carbocycles. The van der Waals surface area contributed by atoms with Gasteiger partial charge in [-0.05, 0) is 44.9 Å². The molecule has 0 fully saturated rings. The van der Waals surface area contributed by atoms with Crippen LogP contribution in [0.2, 0.25) is 0 Å². The normalized spacial score (nSPS) is 14.3. The summed E-state index contributed by atoms with van der Waals surface area (Å²) >= 11 is 0. The van der Waals surface area contributed by atoms with Gasteiger partial charge in [0.25, 0.3) is 0 Å². The zero-order valence-corrected chi connectivity index (χ0v) is 13.8. The van der Waals surface area contributed by atoms with Gasteiger partial charge in [-0.2, -0.15) is 0 Å². The number of carbonyl (C=O) groups excluding carboxylic acids is 1. The smallest absolute Gasteiger partial charge is 0.241 e. The summed E-state index contributed by atoms with van der Waals surface area (Å²) in [4.78, 5) is 14.3. The van der Waals surface area contributed by atoms with Crippen molar-refractivity contribution in [2.24, 2.45) is 0 Å². The molecule has 0 aromatic heterocycles. The average Bonchev–Trinajstić information content (AvgIpc) is 2.44. The molecule has 2 N–H and O–H groups in total. The van der Waals surface area contributed by atoms with Crippen molar-refractivity contribution in [3.05, 3.63) is 29.8 Å². The molecule has 0 aliphatic rings. The lowest BCUT2D eigenvalue weighted by Gasteiger charge is -2.25. The molecule has 0 heterocycles. The summed E-state index contributed by atoms with van der Waals surface area (Å²) in [6.45, 7) is 8.57. The van der Waals surface area contributed by atoms with E-state index in [9.17, 15) is 9.90 Å². The van der Waals surface area contributed by atoms with Crippen LogP contribution in [-0.2, 0) is 4.79 Å². The Hall–Kier alpha value is -1.39. The minimum Gasteiger partial charge on any atom is -0.393 e. The maximum absolute atomic E-state index is 12.4. The first kappa shape index (κ1) is 17.7. The van der Waals surface area contributed by atoms with E-state index in [1.165, 1.54) is 0 Å². The third-order valence-corrected chi connectivity index (χ3v) is 3.78. The van der Waals surface area contributed by atoms with E-state index in [1.807, 2.05) is 43.1 Å². The highest BCUT2D eigenvalue weighted by molar-refractivity contribution is 5.95. The fourth-order valence-electron chi connectivity index (χ4n) is 2.14. The van der Waals surface area contributed by atoms with Gasteiger partial charge in [0, 0.05) is 12.2 Å². The van der Waals surface area contributed by atoms with Crippen LogP contribution in [0.25, 0.3) is 0 Å². The zero-order chi connectivity index (χ0) is 16.0. The summed E-state index contributed by atoms with van der Waals surface area (Å²) in [5.41, 5.74) is 2.03. The molecule has 0 aliphatic carbocycles. The van der Waals surface area contributed by atoms with Gasteiger partial charge in [-0.3, -0.25) is 9.69 Å². The number of benzene rings is 1. The minimum atomic E-state index is -0.343. The molecule has 2 unspecified atom stereocenters. The molecule has 1 aromatic rings. The second kappa shape index (κ2) is 8.15. The van der Waals surface area contributed by atoms with Gasteiger partial charge in [-0.1, -0.05) is 32.0 Å². The number of amides is 1. The quantitative estimate of drug-likeness (QED) is 0.812. The second-order valence-corrected chi connectivity index (χ2v) is 6.03. The molecule has 0 spiro atoms. The van der Waals surface area contributed by atoms with Crippen LogP contribution in [0, 0.1) is 0 Å². The number of aliphatic hydroxyl groups is 1. The lowest BCUT2D eigenvalue weighted by Crippen LogP contribution is -2.40. The van der Waals surface area contributed by atoms with Gasteiger partial charge < -0.3 is 10.4 Å². The van der Waals surface area contributed by atoms with E-state index in [-0.39, 0.29) is 18.1 Å². The summed E-state index contributed by atoms with van der Waals surface area (Å²) in [7, 11) is 1.90. The number of aliphatic hydroxyl groups excluding tert-OH is 1. The fraction of sp³-hybridized carbons (Fsp3) is 0.588. The van der Waals surface area contributed by atoms with Crippen LogP contribution in [0.5, 0.6) is 0 Å². The Morgan fingerprint density at radius 3 is 2.43 bits per heavy atom. The van der Waals surface area contributed by atoms with E-state index >= 15 is 0 Å². The molecule has 2 atom stereocenters. The highest BCUT2D eigenvalue weighted by Gasteiger charge is 2.19. The van der Waals surface area contributed by atoms with Crippen molar-refractivity contribution in [3.63, 3.8) is 0 Å². The van der Waals surface area contributed by atoms with Crippen molar-refractivity contribution < 1.29 is 9.90 Å². The number of nitrogens with zero attached hydrogens (tertiary/aromatic N) is 1. The lowest BCUT2D eigenvalue weighted by molar-refractivity contribution is -0.120. The Labute approximate surface area is 128 Å². The number of nitrogens with one attached hydrogen (secondary N) is 1. The van der Waals surface area contributed by atoms with Crippen LogP contribution in [-0.4, -0.2) is 41.7 Å². The number of hydrogen-bond donors (Lipinski definition) is 2. The molecule has 1 aromatic carbocycles. The van der Waals surface area contributed by atoms with Gasteiger partial charge in [0.15, 0.2) is 0 Å². The van der Waals surface area contributed by atoms with E-state index in [4.69, 9.17) is 0 Å². The second-order valence-electron chi connectivity index (χ2n) is 6.03. The first-order valence-electron chi connectivity index (χ1n) is 7.61. The molecule has 0 radical (unpaired) electrons. The first-order valence-corrected chi connectivity index (χ1v) is 7.61. The molecule has 0 aliphatic heterocycles. The van der Waals surface area contributed by atoms with Crippen LogP contribution >= 0.6 is 0 Å². The van der Waals surface area contributed by atoms with Crippen molar-refractivity contribution in [2.75, 3.05) is 18.9 Å². The van der Waals surface area contributed by atoms with Crippen molar-refractivity contribution >= 4 is 11.6 Å². The SMILES string of the molecule is CC(O)CCN(C)C(C)C(=O)Nc1ccccc1C(C)C. The van der Waals surface area contributed by atoms with Crippen molar-refractivity contribution in [1.82, 2.24) is 4.90 Å². The monoisotopic (exact) mass is 292 g/mol. The topological polar surface area (TPSA) is 52.6 Å². The molecule has 4 heteroatoms. The Kier molecular flexibility index (Phi) is 6.85. The van der Waals surface area contributed by atoms with E-state index in [0.29, 0.717) is 18.9 Å². The highest BCUT2D eigenvalue weighted by atomic mass is 16.3. The summed E-state index contributed by atoms with van der Waals surface area (Å²) in [6.07, 6.45) is 0.320. The van der Waals surface area contributed by atoms with Crippen LogP contribution in [0.1, 0.15) is 45.6 Å². The van der Waals surface area contributed by atoms with Crippen LogP contribution in [0.15, 0.2) is 24.3 Å². The largest absolute Gasteiger partial charge is 0.393 e. The van der Waals surface area contributed by atoms with Gasteiger partial charge in [0.1, 0.15) is 0 Å². The molecule has 1 rings (SSSR count). The minimum absolute atomic E-state index is 0.0174. The van der Waals surface area contributed by atoms with E-state index in [0.717, 1.165) is 11.3 Å². The number of rotatable bonds is 7. The lowest BCUT2D eigenvalue weighted by atomic mass is 10.0. The Balaban J connectivity index is 2.68. The molecule has 21 heavy (non-hydrogen) atoms. The van der Waals surface area contributed by atoms with Crippen molar-refractivity contribution in [1.29, 1.82) is 0 Å². The Morgan fingerprint density at radius 1 is 1.24 bits per heavy atom. The average molecular weight is 292 g/mol. The van der Waals surface area contributed by atoms with Gasteiger partial charge >= 0.3 is 0 Å². The van der Waals surface area contributed by atoms with Gasteiger partial charge in [0.2, 0.25) is 5.91 Å². The predicted octanol–water partition coefficient (Wildman–Crippen LogP) is 2.84. The number of anilines is 1. The van der Waals surface area contributed by atoms with Gasteiger partial charge in [-0.15, -0.1) is 0 Å². The standard InChI is InChI=1S/C17H28N2O2/c1-12(2)15-8-6-7-9-16(15)18-17(21)14(4)19(5)11-10-13(3)20/h6-9,12-14,20H,10-11H2,1-5H3,(H,18,21). The number of carbonyl (C=O) groups is 1. The van der Waals surface area contributed by atoms with Gasteiger partial charge in [0.05, 0.1) is 12.1 Å². The fourth-order valence-corrected chi connectivity index (χ4v) is 2.14. The maximum atomic E-state index is 12.4. The molecule has 4 nitrogen and oxygen atoms in total. The molecule has 1 amide bonds. The van der Waals surface area contributed by atoms with Crippen LogP contribution in [0.3, 0.4) is 0 Å². The van der Waals surface area contributed by atoms with E-state index in [1.54, 1.807) is 6.92 Å². The maximum Gasteiger partial charge on any atom is 0.241 e. The molecule has 0 saturated heterocycles. The summed E-state index contributed by atoms with van der Waals surface area (Å²) in [6, 6.07) is 7.67. The molecule has 0 bridgehead atoms. The van der Waals surface area contributed by atoms with E-state index in [2.05, 4.69) is 19.2 Å². The Morgan fingerprint density at radius 2 is 1.86 bits per heavy atom. The van der Waals surface area contributed by atoms with Crippen LogP contribution in [0.4, 0.5) is 5.69 Å². The number of para-hydroxylation sites is 1. The summed E-state index contributed by atoms with van der Waals surface area (Å²) in [5, 5.41) is 12.3. The zero-order valence-electron chi connectivity index (χ0n) is 13.8. The third-order valence-electron chi connectivity index (χ3n) is 3.78. The third kappa shape index (κ3) is 5.48. The Bertz CT molecular complexity index is 458. The summed E-state index contributed by atoms with van der Waals surface area (Å²) < 4.78 is 0. The molecular formula is C17H28N2O2. The van der Waals surface area contributed by atoms with Crippen LogP contribution < -0.4 is 5.32 Å². The van der Waals surface area contributed by atoms with Crippen molar-refractivity contribution in [3.8, 4) is 0 Å². The summed E-state index contributed by atoms with van der Waals surface area (Å²) in [5.74, 6) is 0.348. The van der Waals surface area contributed by atoms with Gasteiger partial charge in [-0.25, -0.2) is 0 Å².